The SMILES string of the molecule is NS(=O)(=O)c1ccc(N2CCC(NC3(c4cccc5ccccc45)CCCC3)CC2)cc1. The number of sulfonamides is 1. The maximum Gasteiger partial charge on any atom is 0.238 e. The number of anilines is 1. The van der Waals surface area contributed by atoms with Crippen LogP contribution in [0.1, 0.15) is 44.1 Å². The minimum absolute atomic E-state index is 0.0604. The van der Waals surface area contributed by atoms with Gasteiger partial charge in [-0.25, -0.2) is 13.6 Å². The van der Waals surface area contributed by atoms with E-state index in [1.807, 2.05) is 12.1 Å². The number of nitrogens with two attached hydrogens (primary N) is 1. The van der Waals surface area contributed by atoms with Gasteiger partial charge < -0.3 is 10.2 Å². The predicted octanol–water partition coefficient (Wildman–Crippen LogP) is 4.52. The van der Waals surface area contributed by atoms with Crippen LogP contribution in [0.25, 0.3) is 10.8 Å². The topological polar surface area (TPSA) is 75.4 Å². The Kier molecular flexibility index (Phi) is 5.70. The van der Waals surface area contributed by atoms with Gasteiger partial charge in [-0.1, -0.05) is 55.3 Å². The third-order valence-electron chi connectivity index (χ3n) is 7.27. The van der Waals surface area contributed by atoms with Gasteiger partial charge in [-0.2, -0.15) is 0 Å². The summed E-state index contributed by atoms with van der Waals surface area (Å²) in [6, 6.07) is 22.9. The van der Waals surface area contributed by atoms with Crippen LogP contribution in [0.5, 0.6) is 0 Å². The number of benzene rings is 3. The van der Waals surface area contributed by atoms with Crippen molar-refractivity contribution >= 4 is 26.5 Å². The molecule has 1 saturated heterocycles. The van der Waals surface area contributed by atoms with E-state index in [1.54, 1.807) is 12.1 Å². The van der Waals surface area contributed by atoms with Gasteiger partial charge in [0.2, 0.25) is 10.0 Å². The Morgan fingerprint density at radius 2 is 1.53 bits per heavy atom. The van der Waals surface area contributed by atoms with E-state index >= 15 is 0 Å². The lowest BCUT2D eigenvalue weighted by Gasteiger charge is -2.41. The number of piperidine rings is 1. The molecule has 5 rings (SSSR count). The maximum atomic E-state index is 11.5. The second-order valence-electron chi connectivity index (χ2n) is 9.26. The highest BCUT2D eigenvalue weighted by Crippen LogP contribution is 2.42. The maximum absolute atomic E-state index is 11.5. The molecule has 0 amide bonds. The number of rotatable bonds is 5. The van der Waals surface area contributed by atoms with Gasteiger partial charge in [0, 0.05) is 30.4 Å². The summed E-state index contributed by atoms with van der Waals surface area (Å²) in [5, 5.41) is 12.0. The first kappa shape index (κ1) is 21.4. The van der Waals surface area contributed by atoms with Crippen LogP contribution in [0, 0.1) is 0 Å². The third-order valence-corrected chi connectivity index (χ3v) is 8.20. The Morgan fingerprint density at radius 3 is 2.22 bits per heavy atom. The summed E-state index contributed by atoms with van der Waals surface area (Å²) in [7, 11) is -3.65. The van der Waals surface area contributed by atoms with Crippen LogP contribution in [0.15, 0.2) is 71.6 Å². The molecule has 0 spiro atoms. The van der Waals surface area contributed by atoms with Gasteiger partial charge in [0.15, 0.2) is 0 Å². The summed E-state index contributed by atoms with van der Waals surface area (Å²) in [6.07, 6.45) is 7.07. The van der Waals surface area contributed by atoms with Crippen molar-refractivity contribution < 1.29 is 8.42 Å². The van der Waals surface area contributed by atoms with Crippen molar-refractivity contribution in [1.82, 2.24) is 5.32 Å². The Labute approximate surface area is 190 Å². The van der Waals surface area contributed by atoms with Gasteiger partial charge >= 0.3 is 0 Å². The zero-order valence-electron chi connectivity index (χ0n) is 18.3. The molecule has 2 aliphatic rings. The average molecular weight is 450 g/mol. The first-order valence-electron chi connectivity index (χ1n) is 11.6. The highest BCUT2D eigenvalue weighted by atomic mass is 32.2. The average Bonchev–Trinajstić information content (AvgIpc) is 3.28. The van der Waals surface area contributed by atoms with Crippen LogP contribution in [0.4, 0.5) is 5.69 Å². The van der Waals surface area contributed by atoms with E-state index in [2.05, 4.69) is 52.7 Å². The molecule has 0 radical (unpaired) electrons. The molecule has 1 aliphatic heterocycles. The van der Waals surface area contributed by atoms with E-state index in [0.29, 0.717) is 6.04 Å². The molecule has 0 atom stereocenters. The van der Waals surface area contributed by atoms with Crippen molar-refractivity contribution in [3.63, 3.8) is 0 Å². The van der Waals surface area contributed by atoms with Crippen LogP contribution in [0.3, 0.4) is 0 Å². The van der Waals surface area contributed by atoms with E-state index in [1.165, 1.54) is 42.0 Å². The second kappa shape index (κ2) is 8.50. The Morgan fingerprint density at radius 1 is 0.875 bits per heavy atom. The molecule has 32 heavy (non-hydrogen) atoms. The number of nitrogens with zero attached hydrogens (tertiary/aromatic N) is 1. The lowest BCUT2D eigenvalue weighted by molar-refractivity contribution is 0.268. The van der Waals surface area contributed by atoms with Crippen LogP contribution < -0.4 is 15.4 Å². The number of hydrogen-bond donors (Lipinski definition) is 2. The first-order valence-corrected chi connectivity index (χ1v) is 13.1. The molecule has 6 heteroatoms. The van der Waals surface area contributed by atoms with E-state index < -0.39 is 10.0 Å². The number of hydrogen-bond acceptors (Lipinski definition) is 4. The summed E-state index contributed by atoms with van der Waals surface area (Å²) >= 11 is 0. The van der Waals surface area contributed by atoms with Crippen molar-refractivity contribution in [2.24, 2.45) is 5.14 Å². The van der Waals surface area contributed by atoms with E-state index in [0.717, 1.165) is 31.6 Å². The first-order chi connectivity index (χ1) is 15.4. The van der Waals surface area contributed by atoms with Gasteiger partial charge in [0.1, 0.15) is 0 Å². The van der Waals surface area contributed by atoms with Gasteiger partial charge in [-0.15, -0.1) is 0 Å². The molecule has 0 unspecified atom stereocenters. The number of fused-ring (bicyclic) bond motifs is 1. The quantitative estimate of drug-likeness (QED) is 0.601. The monoisotopic (exact) mass is 449 g/mol. The summed E-state index contributed by atoms with van der Waals surface area (Å²) in [4.78, 5) is 2.50. The Bertz CT molecular complexity index is 1190. The van der Waals surface area contributed by atoms with Gasteiger partial charge in [-0.05, 0) is 66.3 Å². The largest absolute Gasteiger partial charge is 0.371 e. The normalized spacial score (nSPS) is 19.5. The molecule has 0 bridgehead atoms. The molecule has 3 aromatic rings. The molecule has 1 aliphatic carbocycles. The second-order valence-corrected chi connectivity index (χ2v) is 10.8. The van der Waals surface area contributed by atoms with Crippen molar-refractivity contribution in [2.45, 2.75) is 55.0 Å². The molecule has 1 heterocycles. The fourth-order valence-electron chi connectivity index (χ4n) is 5.63. The van der Waals surface area contributed by atoms with E-state index in [4.69, 9.17) is 5.14 Å². The third kappa shape index (κ3) is 4.15. The van der Waals surface area contributed by atoms with Crippen molar-refractivity contribution in [3.05, 3.63) is 72.3 Å². The van der Waals surface area contributed by atoms with Gasteiger partial charge in [0.05, 0.1) is 4.90 Å². The molecule has 2 fully saturated rings. The van der Waals surface area contributed by atoms with Crippen LogP contribution >= 0.6 is 0 Å². The predicted molar refractivity (Wildman–Crippen MR) is 130 cm³/mol. The standard InChI is InChI=1S/C26H31N3O2S/c27-32(30,31)23-12-10-22(11-13-23)29-18-14-21(15-19-29)28-26(16-3-4-17-26)25-9-5-7-20-6-1-2-8-24(20)25/h1-2,5-13,21,28H,3-4,14-19H2,(H2,27,30,31). The summed E-state index contributed by atoms with van der Waals surface area (Å²) in [5.41, 5.74) is 2.57. The molecule has 3 N–H and O–H groups in total. The van der Waals surface area contributed by atoms with Crippen LogP contribution in [0.2, 0.25) is 0 Å². The zero-order chi connectivity index (χ0) is 22.2. The summed E-state index contributed by atoms with van der Waals surface area (Å²) < 4.78 is 23.0. The molecular weight excluding hydrogens is 418 g/mol. The number of primary sulfonamides is 1. The highest BCUT2D eigenvalue weighted by molar-refractivity contribution is 7.89. The Hall–Kier alpha value is -2.41. The minimum atomic E-state index is -3.65. The van der Waals surface area contributed by atoms with Crippen LogP contribution in [-0.2, 0) is 15.6 Å². The van der Waals surface area contributed by atoms with Crippen molar-refractivity contribution in [1.29, 1.82) is 0 Å². The van der Waals surface area contributed by atoms with Gasteiger partial charge in [-0.3, -0.25) is 0 Å². The smallest absolute Gasteiger partial charge is 0.238 e. The highest BCUT2D eigenvalue weighted by Gasteiger charge is 2.38. The van der Waals surface area contributed by atoms with Crippen molar-refractivity contribution in [2.75, 3.05) is 18.0 Å². The van der Waals surface area contributed by atoms with Crippen LogP contribution in [-0.4, -0.2) is 27.5 Å². The fraction of sp³-hybridized carbons (Fsp3) is 0.385. The van der Waals surface area contributed by atoms with E-state index in [-0.39, 0.29) is 10.4 Å². The fourth-order valence-corrected chi connectivity index (χ4v) is 6.15. The number of nitrogens with one attached hydrogen (secondary N) is 1. The summed E-state index contributed by atoms with van der Waals surface area (Å²) in [5.74, 6) is 0. The summed E-state index contributed by atoms with van der Waals surface area (Å²) in [6.45, 7) is 1.91. The van der Waals surface area contributed by atoms with Gasteiger partial charge in [0.25, 0.3) is 0 Å². The molecular formula is C26H31N3O2S. The molecule has 5 nitrogen and oxygen atoms in total. The lowest BCUT2D eigenvalue weighted by Crippen LogP contribution is -2.51. The Balaban J connectivity index is 1.31. The molecule has 168 valence electrons. The lowest BCUT2D eigenvalue weighted by atomic mass is 9.83. The zero-order valence-corrected chi connectivity index (χ0v) is 19.2. The van der Waals surface area contributed by atoms with Crippen molar-refractivity contribution in [3.8, 4) is 0 Å². The molecule has 3 aromatic carbocycles. The molecule has 1 saturated carbocycles. The molecule has 0 aromatic heterocycles. The minimum Gasteiger partial charge on any atom is -0.371 e. The van der Waals surface area contributed by atoms with E-state index in [9.17, 15) is 8.42 Å².